The predicted octanol–water partition coefficient (Wildman–Crippen LogP) is 3.08. The van der Waals surface area contributed by atoms with Crippen molar-refractivity contribution in [3.8, 4) is 11.5 Å². The second-order valence-corrected chi connectivity index (χ2v) is 6.10. The molecule has 2 aromatic carbocycles. The molecule has 0 unspecified atom stereocenters. The zero-order chi connectivity index (χ0) is 18.0. The fourth-order valence-corrected chi connectivity index (χ4v) is 3.13. The third kappa shape index (κ3) is 3.34. The Balaban J connectivity index is 2.08. The van der Waals surface area contributed by atoms with Gasteiger partial charge in [-0.3, -0.25) is 4.79 Å². The molecule has 1 aliphatic rings. The highest BCUT2D eigenvalue weighted by molar-refractivity contribution is 7.80. The SMILES string of the molecule is COc1cc([C@H]2NC(=S)NC(C)=C2C(=O)c2ccccc2)ccc1O. The monoisotopic (exact) mass is 354 g/mol. The van der Waals surface area contributed by atoms with Crippen molar-refractivity contribution in [3.05, 3.63) is 70.9 Å². The molecule has 1 aliphatic heterocycles. The number of phenols is 1. The molecule has 0 radical (unpaired) electrons. The van der Waals surface area contributed by atoms with Crippen molar-refractivity contribution in [2.45, 2.75) is 13.0 Å². The van der Waals surface area contributed by atoms with Gasteiger partial charge >= 0.3 is 0 Å². The second kappa shape index (κ2) is 6.94. The van der Waals surface area contributed by atoms with Gasteiger partial charge in [-0.2, -0.15) is 0 Å². The van der Waals surface area contributed by atoms with Crippen LogP contribution in [0.4, 0.5) is 0 Å². The topological polar surface area (TPSA) is 70.6 Å². The summed E-state index contributed by atoms with van der Waals surface area (Å²) in [5.74, 6) is 0.296. The van der Waals surface area contributed by atoms with Crippen molar-refractivity contribution >= 4 is 23.1 Å². The van der Waals surface area contributed by atoms with Crippen LogP contribution in [0.5, 0.6) is 11.5 Å². The Morgan fingerprint density at radius 3 is 2.60 bits per heavy atom. The quantitative estimate of drug-likeness (QED) is 0.579. The molecule has 2 aromatic rings. The summed E-state index contributed by atoms with van der Waals surface area (Å²) < 4.78 is 5.18. The smallest absolute Gasteiger partial charge is 0.193 e. The predicted molar refractivity (Wildman–Crippen MR) is 99.7 cm³/mol. The summed E-state index contributed by atoms with van der Waals surface area (Å²) in [6, 6.07) is 13.6. The number of hydrogen-bond donors (Lipinski definition) is 3. The van der Waals surface area contributed by atoms with E-state index in [0.29, 0.717) is 27.7 Å². The van der Waals surface area contributed by atoms with Crippen molar-refractivity contribution in [1.82, 2.24) is 10.6 Å². The van der Waals surface area contributed by atoms with E-state index in [1.54, 1.807) is 30.3 Å². The van der Waals surface area contributed by atoms with Gasteiger partial charge in [0.1, 0.15) is 0 Å². The Morgan fingerprint density at radius 2 is 1.92 bits per heavy atom. The molecule has 0 amide bonds. The van der Waals surface area contributed by atoms with Crippen LogP contribution in [-0.2, 0) is 0 Å². The van der Waals surface area contributed by atoms with E-state index in [1.807, 2.05) is 25.1 Å². The molecule has 1 atom stereocenters. The lowest BCUT2D eigenvalue weighted by Gasteiger charge is -2.30. The van der Waals surface area contributed by atoms with Gasteiger partial charge in [0.15, 0.2) is 22.4 Å². The minimum absolute atomic E-state index is 0.0411. The lowest BCUT2D eigenvalue weighted by Crippen LogP contribution is -2.44. The highest BCUT2D eigenvalue weighted by atomic mass is 32.1. The molecule has 0 saturated carbocycles. The molecule has 1 heterocycles. The van der Waals surface area contributed by atoms with Gasteiger partial charge in [0.25, 0.3) is 0 Å². The minimum atomic E-state index is -0.434. The van der Waals surface area contributed by atoms with E-state index in [1.165, 1.54) is 7.11 Å². The first-order valence-corrected chi connectivity index (χ1v) is 8.17. The highest BCUT2D eigenvalue weighted by Gasteiger charge is 2.30. The summed E-state index contributed by atoms with van der Waals surface area (Å²) >= 11 is 5.25. The molecule has 3 N–H and O–H groups in total. The molecule has 0 bridgehead atoms. The van der Waals surface area contributed by atoms with Gasteiger partial charge in [-0.1, -0.05) is 36.4 Å². The number of hydrogen-bond acceptors (Lipinski definition) is 4. The number of nitrogens with one attached hydrogen (secondary N) is 2. The fraction of sp³-hybridized carbons (Fsp3) is 0.158. The van der Waals surface area contributed by atoms with Crippen molar-refractivity contribution in [2.24, 2.45) is 0 Å². The van der Waals surface area contributed by atoms with Crippen LogP contribution in [0.2, 0.25) is 0 Å². The fourth-order valence-electron chi connectivity index (χ4n) is 2.86. The van der Waals surface area contributed by atoms with Crippen LogP contribution >= 0.6 is 12.2 Å². The highest BCUT2D eigenvalue weighted by Crippen LogP contribution is 2.34. The number of allylic oxidation sites excluding steroid dienone is 1. The number of methoxy groups -OCH3 is 1. The first-order chi connectivity index (χ1) is 12.0. The van der Waals surface area contributed by atoms with Crippen molar-refractivity contribution in [1.29, 1.82) is 0 Å². The molecule has 25 heavy (non-hydrogen) atoms. The Hall–Kier alpha value is -2.86. The molecule has 5 nitrogen and oxygen atoms in total. The lowest BCUT2D eigenvalue weighted by atomic mass is 9.89. The third-order valence-corrected chi connectivity index (χ3v) is 4.31. The summed E-state index contributed by atoms with van der Waals surface area (Å²) in [5.41, 5.74) is 2.66. The number of carbonyl (C=O) groups is 1. The molecular formula is C19H18N2O3S. The molecule has 0 saturated heterocycles. The maximum Gasteiger partial charge on any atom is 0.193 e. The average molecular weight is 354 g/mol. The summed E-state index contributed by atoms with van der Waals surface area (Å²) in [6.45, 7) is 1.83. The van der Waals surface area contributed by atoms with Gasteiger partial charge in [-0.15, -0.1) is 0 Å². The zero-order valence-electron chi connectivity index (χ0n) is 13.9. The second-order valence-electron chi connectivity index (χ2n) is 5.70. The first kappa shape index (κ1) is 17.0. The number of phenolic OH excluding ortho intramolecular Hbond substituents is 1. The van der Waals surface area contributed by atoms with E-state index in [9.17, 15) is 9.90 Å². The average Bonchev–Trinajstić information content (AvgIpc) is 2.62. The van der Waals surface area contributed by atoms with Crippen LogP contribution in [0.3, 0.4) is 0 Å². The maximum atomic E-state index is 13.1. The number of aromatic hydroxyl groups is 1. The number of Topliss-reactive ketones (excluding diaryl/α,β-unsaturated/α-hetero) is 1. The van der Waals surface area contributed by atoms with Gasteiger partial charge in [0.2, 0.25) is 0 Å². The van der Waals surface area contributed by atoms with Crippen molar-refractivity contribution < 1.29 is 14.6 Å². The number of benzene rings is 2. The standard InChI is InChI=1S/C19H18N2O3S/c1-11-16(18(23)12-6-4-3-5-7-12)17(21-19(25)20-11)13-8-9-14(22)15(10-13)24-2/h3-10,17,22H,1-2H3,(H2,20,21,25)/t17-/m1/s1. The van der Waals surface area contributed by atoms with Crippen LogP contribution < -0.4 is 15.4 Å². The molecular weight excluding hydrogens is 336 g/mol. The van der Waals surface area contributed by atoms with E-state index >= 15 is 0 Å². The Kier molecular flexibility index (Phi) is 4.72. The number of thiocarbonyl (C=S) groups is 1. The number of rotatable bonds is 4. The van der Waals surface area contributed by atoms with E-state index < -0.39 is 6.04 Å². The van der Waals surface area contributed by atoms with Gasteiger partial charge in [-0.25, -0.2) is 0 Å². The normalized spacial score (nSPS) is 16.9. The van der Waals surface area contributed by atoms with Crippen LogP contribution in [-0.4, -0.2) is 23.1 Å². The van der Waals surface area contributed by atoms with Crippen molar-refractivity contribution in [2.75, 3.05) is 7.11 Å². The minimum Gasteiger partial charge on any atom is -0.504 e. The third-order valence-electron chi connectivity index (χ3n) is 4.09. The zero-order valence-corrected chi connectivity index (χ0v) is 14.7. The Bertz CT molecular complexity index is 862. The van der Waals surface area contributed by atoms with Crippen LogP contribution in [0.25, 0.3) is 0 Å². The summed E-state index contributed by atoms with van der Waals surface area (Å²) in [7, 11) is 1.48. The summed E-state index contributed by atoms with van der Waals surface area (Å²) in [6.07, 6.45) is 0. The van der Waals surface area contributed by atoms with E-state index in [2.05, 4.69) is 10.6 Å². The van der Waals surface area contributed by atoms with Crippen LogP contribution in [0.1, 0.15) is 28.9 Å². The van der Waals surface area contributed by atoms with Gasteiger partial charge in [0.05, 0.1) is 13.2 Å². The number of ketones is 1. The van der Waals surface area contributed by atoms with Gasteiger partial charge in [-0.05, 0) is 36.8 Å². The summed E-state index contributed by atoms with van der Waals surface area (Å²) in [5, 5.41) is 16.4. The molecule has 0 spiro atoms. The van der Waals surface area contributed by atoms with E-state index in [-0.39, 0.29) is 11.5 Å². The maximum absolute atomic E-state index is 13.1. The summed E-state index contributed by atoms with van der Waals surface area (Å²) in [4.78, 5) is 13.1. The molecule has 0 fully saturated rings. The number of carbonyl (C=O) groups excluding carboxylic acids is 1. The first-order valence-electron chi connectivity index (χ1n) is 7.76. The molecule has 0 aliphatic carbocycles. The molecule has 6 heteroatoms. The van der Waals surface area contributed by atoms with E-state index in [0.717, 1.165) is 5.56 Å². The van der Waals surface area contributed by atoms with Crippen LogP contribution in [0.15, 0.2) is 59.8 Å². The molecule has 0 aromatic heterocycles. The van der Waals surface area contributed by atoms with Gasteiger partial charge < -0.3 is 20.5 Å². The Morgan fingerprint density at radius 1 is 1.20 bits per heavy atom. The van der Waals surface area contributed by atoms with E-state index in [4.69, 9.17) is 17.0 Å². The van der Waals surface area contributed by atoms with Crippen LogP contribution in [0, 0.1) is 0 Å². The van der Waals surface area contributed by atoms with Gasteiger partial charge in [0, 0.05) is 16.8 Å². The number of ether oxygens (including phenoxy) is 1. The van der Waals surface area contributed by atoms with Crippen molar-refractivity contribution in [3.63, 3.8) is 0 Å². The Labute approximate surface area is 151 Å². The lowest BCUT2D eigenvalue weighted by molar-refractivity contribution is 0.102. The largest absolute Gasteiger partial charge is 0.504 e. The molecule has 3 rings (SSSR count). The molecule has 128 valence electrons.